The average Bonchev–Trinajstić information content (AvgIpc) is 2.26. The van der Waals surface area contributed by atoms with Crippen LogP contribution in [-0.2, 0) is 0 Å². The van der Waals surface area contributed by atoms with E-state index in [0.29, 0.717) is 22.2 Å². The maximum atomic E-state index is 5.86. The molecule has 0 fully saturated rings. The van der Waals surface area contributed by atoms with Crippen LogP contribution in [0.5, 0.6) is 0 Å². The van der Waals surface area contributed by atoms with Gasteiger partial charge in [0.2, 0.25) is 0 Å². The third-order valence-corrected chi connectivity index (χ3v) is 2.69. The first-order chi connectivity index (χ1) is 7.18. The van der Waals surface area contributed by atoms with Crippen LogP contribution in [-0.4, -0.2) is 15.0 Å². The molecule has 0 saturated carbocycles. The van der Waals surface area contributed by atoms with Gasteiger partial charge < -0.3 is 0 Å². The van der Waals surface area contributed by atoms with Crippen LogP contribution < -0.4 is 0 Å². The van der Waals surface area contributed by atoms with Crippen LogP contribution in [0.3, 0.4) is 0 Å². The van der Waals surface area contributed by atoms with Gasteiger partial charge in [-0.25, -0.2) is 9.97 Å². The van der Waals surface area contributed by atoms with E-state index in [-0.39, 0.29) is 5.15 Å². The zero-order chi connectivity index (χ0) is 10.8. The summed E-state index contributed by atoms with van der Waals surface area (Å²) in [4.78, 5) is 12.4. The second-order valence-electron chi connectivity index (χ2n) is 2.95. The summed E-state index contributed by atoms with van der Waals surface area (Å²) in [6.07, 6.45) is 1.68. The normalized spacial score (nSPS) is 10.3. The molecule has 0 aromatic carbocycles. The fraction of sp³-hybridized carbons (Fsp3) is 0.100. The zero-order valence-electron chi connectivity index (χ0n) is 7.91. The summed E-state index contributed by atoms with van der Waals surface area (Å²) in [5.41, 5.74) is 1.33. The molecule has 0 amide bonds. The topological polar surface area (TPSA) is 38.7 Å². The van der Waals surface area contributed by atoms with Crippen LogP contribution in [0.15, 0.2) is 24.4 Å². The Morgan fingerprint density at radius 1 is 1.13 bits per heavy atom. The zero-order valence-corrected chi connectivity index (χ0v) is 9.42. The Morgan fingerprint density at radius 3 is 2.53 bits per heavy atom. The molecule has 0 bridgehead atoms. The number of hydrogen-bond acceptors (Lipinski definition) is 3. The van der Waals surface area contributed by atoms with Gasteiger partial charge in [0, 0.05) is 6.20 Å². The van der Waals surface area contributed by atoms with Crippen molar-refractivity contribution in [1.82, 2.24) is 15.0 Å². The van der Waals surface area contributed by atoms with Crippen molar-refractivity contribution < 1.29 is 0 Å². The van der Waals surface area contributed by atoms with E-state index >= 15 is 0 Å². The molecule has 0 saturated heterocycles. The number of pyridine rings is 1. The van der Waals surface area contributed by atoms with Crippen molar-refractivity contribution in [3.63, 3.8) is 0 Å². The second-order valence-corrected chi connectivity index (χ2v) is 3.69. The summed E-state index contributed by atoms with van der Waals surface area (Å²) < 4.78 is 0. The molecule has 2 aromatic heterocycles. The Morgan fingerprint density at radius 2 is 1.93 bits per heavy atom. The molecule has 0 unspecified atom stereocenters. The van der Waals surface area contributed by atoms with Crippen LogP contribution in [0.1, 0.15) is 5.69 Å². The lowest BCUT2D eigenvalue weighted by Gasteiger charge is -2.03. The standard InChI is InChI=1S/C10H7Cl2N3/c1-6-8(11)9(12)15-10(14-6)7-4-2-3-5-13-7/h2-5H,1H3. The van der Waals surface area contributed by atoms with Crippen molar-refractivity contribution >= 4 is 23.2 Å². The van der Waals surface area contributed by atoms with Crippen molar-refractivity contribution in [2.24, 2.45) is 0 Å². The Labute approximate surface area is 97.1 Å². The molecule has 0 atom stereocenters. The molecule has 5 heteroatoms. The molecule has 2 rings (SSSR count). The van der Waals surface area contributed by atoms with E-state index < -0.39 is 0 Å². The molecule has 0 aliphatic heterocycles. The van der Waals surface area contributed by atoms with E-state index in [1.54, 1.807) is 13.1 Å². The summed E-state index contributed by atoms with van der Waals surface area (Å²) in [5.74, 6) is 0.488. The van der Waals surface area contributed by atoms with Gasteiger partial charge in [-0.3, -0.25) is 4.98 Å². The fourth-order valence-electron chi connectivity index (χ4n) is 1.13. The highest BCUT2D eigenvalue weighted by molar-refractivity contribution is 6.41. The predicted octanol–water partition coefficient (Wildman–Crippen LogP) is 3.15. The molecule has 76 valence electrons. The van der Waals surface area contributed by atoms with E-state index in [9.17, 15) is 0 Å². The minimum absolute atomic E-state index is 0.254. The average molecular weight is 240 g/mol. The van der Waals surface area contributed by atoms with Crippen LogP contribution >= 0.6 is 23.2 Å². The summed E-state index contributed by atoms with van der Waals surface area (Å²) >= 11 is 11.7. The summed E-state index contributed by atoms with van der Waals surface area (Å²) in [5, 5.41) is 0.640. The molecular weight excluding hydrogens is 233 g/mol. The van der Waals surface area contributed by atoms with Crippen LogP contribution in [0, 0.1) is 6.92 Å². The van der Waals surface area contributed by atoms with Crippen molar-refractivity contribution in [2.45, 2.75) is 6.92 Å². The van der Waals surface area contributed by atoms with Crippen molar-refractivity contribution in [2.75, 3.05) is 0 Å². The lowest BCUT2D eigenvalue weighted by molar-refractivity contribution is 1.09. The summed E-state index contributed by atoms with van der Waals surface area (Å²) in [6, 6.07) is 5.51. The van der Waals surface area contributed by atoms with E-state index in [1.165, 1.54) is 0 Å². The van der Waals surface area contributed by atoms with E-state index in [0.717, 1.165) is 0 Å². The summed E-state index contributed by atoms with van der Waals surface area (Å²) in [6.45, 7) is 1.78. The molecule has 2 heterocycles. The molecule has 0 N–H and O–H groups in total. The van der Waals surface area contributed by atoms with Gasteiger partial charge in [-0.15, -0.1) is 0 Å². The summed E-state index contributed by atoms with van der Waals surface area (Å²) in [7, 11) is 0. The predicted molar refractivity (Wildman–Crippen MR) is 60.0 cm³/mol. The maximum absolute atomic E-state index is 5.86. The third kappa shape index (κ3) is 2.08. The monoisotopic (exact) mass is 239 g/mol. The Kier molecular flexibility index (Phi) is 2.84. The molecule has 2 aromatic rings. The van der Waals surface area contributed by atoms with E-state index in [2.05, 4.69) is 15.0 Å². The van der Waals surface area contributed by atoms with Gasteiger partial charge >= 0.3 is 0 Å². The molecule has 0 aliphatic rings. The highest BCUT2D eigenvalue weighted by atomic mass is 35.5. The third-order valence-electron chi connectivity index (χ3n) is 1.87. The van der Waals surface area contributed by atoms with Crippen LogP contribution in [0.4, 0.5) is 0 Å². The molecule has 0 spiro atoms. The Bertz CT molecular complexity index is 462. The SMILES string of the molecule is Cc1nc(-c2ccccn2)nc(Cl)c1Cl. The minimum atomic E-state index is 0.254. The first kappa shape index (κ1) is 10.3. The van der Waals surface area contributed by atoms with Crippen LogP contribution in [0.2, 0.25) is 10.2 Å². The van der Waals surface area contributed by atoms with Gasteiger partial charge in [-0.1, -0.05) is 29.3 Å². The highest BCUT2D eigenvalue weighted by Gasteiger charge is 2.09. The first-order valence-electron chi connectivity index (χ1n) is 4.29. The number of nitrogens with zero attached hydrogens (tertiary/aromatic N) is 3. The van der Waals surface area contributed by atoms with Gasteiger partial charge in [0.1, 0.15) is 5.69 Å². The van der Waals surface area contributed by atoms with Crippen molar-refractivity contribution in [3.05, 3.63) is 40.3 Å². The van der Waals surface area contributed by atoms with Crippen molar-refractivity contribution in [3.8, 4) is 11.5 Å². The largest absolute Gasteiger partial charge is 0.253 e. The van der Waals surface area contributed by atoms with Gasteiger partial charge in [-0.2, -0.15) is 0 Å². The number of halogens is 2. The molecule has 0 aliphatic carbocycles. The lowest BCUT2D eigenvalue weighted by Crippen LogP contribution is -1.95. The van der Waals surface area contributed by atoms with E-state index in [1.807, 2.05) is 18.2 Å². The second kappa shape index (κ2) is 4.13. The molecule has 15 heavy (non-hydrogen) atoms. The van der Waals surface area contributed by atoms with Gasteiger partial charge in [0.25, 0.3) is 0 Å². The van der Waals surface area contributed by atoms with Gasteiger partial charge in [-0.05, 0) is 19.1 Å². The number of rotatable bonds is 1. The Hall–Kier alpha value is -1.19. The Balaban J connectivity index is 2.56. The quantitative estimate of drug-likeness (QED) is 0.718. The fourth-order valence-corrected chi connectivity index (χ4v) is 1.44. The van der Waals surface area contributed by atoms with Gasteiger partial charge in [0.15, 0.2) is 11.0 Å². The van der Waals surface area contributed by atoms with Crippen LogP contribution in [0.25, 0.3) is 11.5 Å². The van der Waals surface area contributed by atoms with Gasteiger partial charge in [0.05, 0.1) is 10.7 Å². The maximum Gasteiger partial charge on any atom is 0.179 e. The molecule has 0 radical (unpaired) electrons. The first-order valence-corrected chi connectivity index (χ1v) is 5.05. The minimum Gasteiger partial charge on any atom is -0.253 e. The van der Waals surface area contributed by atoms with E-state index in [4.69, 9.17) is 23.2 Å². The lowest BCUT2D eigenvalue weighted by atomic mass is 10.3. The number of hydrogen-bond donors (Lipinski definition) is 0. The highest BCUT2D eigenvalue weighted by Crippen LogP contribution is 2.24. The molecular formula is C10H7Cl2N3. The number of aromatic nitrogens is 3. The molecule has 3 nitrogen and oxygen atoms in total. The van der Waals surface area contributed by atoms with Crippen molar-refractivity contribution in [1.29, 1.82) is 0 Å². The smallest absolute Gasteiger partial charge is 0.179 e. The number of aryl methyl sites for hydroxylation is 1.